The van der Waals surface area contributed by atoms with Crippen LogP contribution in [0.25, 0.3) is 0 Å². The summed E-state index contributed by atoms with van der Waals surface area (Å²) in [6.45, 7) is 1.28. The lowest BCUT2D eigenvalue weighted by atomic mass is 9.81. The summed E-state index contributed by atoms with van der Waals surface area (Å²) in [6, 6.07) is 14.8. The molecule has 2 aliphatic heterocycles. The van der Waals surface area contributed by atoms with E-state index in [9.17, 15) is 14.4 Å². The minimum atomic E-state index is -0.183. The Labute approximate surface area is 164 Å². The van der Waals surface area contributed by atoms with Gasteiger partial charge < -0.3 is 14.4 Å². The number of benzene rings is 1. The highest BCUT2D eigenvalue weighted by atomic mass is 16.2. The van der Waals surface area contributed by atoms with Crippen LogP contribution in [0.5, 0.6) is 0 Å². The molecule has 2 aromatic rings. The van der Waals surface area contributed by atoms with Crippen molar-refractivity contribution in [3.8, 4) is 0 Å². The highest BCUT2D eigenvalue weighted by molar-refractivity contribution is 5.87. The third-order valence-electron chi connectivity index (χ3n) is 6.38. The molecule has 2 saturated heterocycles. The molecule has 0 bridgehead atoms. The number of hydrogen-bond donors (Lipinski definition) is 0. The first-order valence-electron chi connectivity index (χ1n) is 9.76. The van der Waals surface area contributed by atoms with Crippen LogP contribution >= 0.6 is 0 Å². The molecule has 146 valence electrons. The zero-order valence-corrected chi connectivity index (χ0v) is 16.1. The van der Waals surface area contributed by atoms with Crippen LogP contribution in [0.3, 0.4) is 0 Å². The fraction of sp³-hybridized carbons (Fsp3) is 0.409. The van der Waals surface area contributed by atoms with Crippen molar-refractivity contribution in [2.75, 3.05) is 20.1 Å². The number of nitrogens with zero attached hydrogens (tertiary/aromatic N) is 3. The van der Waals surface area contributed by atoms with Crippen LogP contribution in [-0.2, 0) is 16.1 Å². The molecule has 3 heterocycles. The maximum atomic E-state index is 12.9. The van der Waals surface area contributed by atoms with Crippen molar-refractivity contribution >= 4 is 11.8 Å². The van der Waals surface area contributed by atoms with Crippen molar-refractivity contribution in [2.24, 2.45) is 0 Å². The molecule has 4 rings (SSSR count). The first-order chi connectivity index (χ1) is 13.5. The van der Waals surface area contributed by atoms with E-state index >= 15 is 0 Å². The molecule has 1 atom stereocenters. The van der Waals surface area contributed by atoms with E-state index in [-0.39, 0.29) is 35.4 Å². The van der Waals surface area contributed by atoms with Crippen LogP contribution in [0.2, 0.25) is 0 Å². The Kier molecular flexibility index (Phi) is 4.79. The fourth-order valence-corrected chi connectivity index (χ4v) is 4.57. The average Bonchev–Trinajstić information content (AvgIpc) is 2.96. The minimum absolute atomic E-state index is 0.0465. The van der Waals surface area contributed by atoms with E-state index in [1.165, 1.54) is 10.6 Å². The fourth-order valence-electron chi connectivity index (χ4n) is 4.57. The van der Waals surface area contributed by atoms with Gasteiger partial charge in [-0.3, -0.25) is 14.4 Å². The number of carbonyl (C=O) groups excluding carboxylic acids is 2. The highest BCUT2D eigenvalue weighted by Crippen LogP contribution is 2.44. The lowest BCUT2D eigenvalue weighted by Gasteiger charge is -2.43. The molecule has 2 aliphatic rings. The lowest BCUT2D eigenvalue weighted by molar-refractivity contribution is -0.136. The third kappa shape index (κ3) is 3.23. The van der Waals surface area contributed by atoms with Gasteiger partial charge in [-0.05, 0) is 30.9 Å². The number of carbonyl (C=O) groups is 2. The van der Waals surface area contributed by atoms with E-state index in [4.69, 9.17) is 0 Å². The summed E-state index contributed by atoms with van der Waals surface area (Å²) in [5.74, 6) is 0.0212. The summed E-state index contributed by atoms with van der Waals surface area (Å²) >= 11 is 0. The van der Waals surface area contributed by atoms with Crippen molar-refractivity contribution in [1.82, 2.24) is 14.4 Å². The Hall–Kier alpha value is -2.89. The van der Waals surface area contributed by atoms with Gasteiger partial charge in [0.2, 0.25) is 11.8 Å². The maximum Gasteiger partial charge on any atom is 0.250 e. The number of amides is 2. The van der Waals surface area contributed by atoms with Crippen LogP contribution in [0.1, 0.15) is 30.7 Å². The van der Waals surface area contributed by atoms with E-state index in [1.807, 2.05) is 47.2 Å². The predicted molar refractivity (Wildman–Crippen MR) is 106 cm³/mol. The van der Waals surface area contributed by atoms with Gasteiger partial charge >= 0.3 is 0 Å². The molecular formula is C22H25N3O3. The van der Waals surface area contributed by atoms with Crippen molar-refractivity contribution in [3.05, 3.63) is 70.6 Å². The third-order valence-corrected chi connectivity index (χ3v) is 6.38. The molecule has 6 nitrogen and oxygen atoms in total. The molecule has 6 heteroatoms. The van der Waals surface area contributed by atoms with Crippen molar-refractivity contribution in [2.45, 2.75) is 37.3 Å². The Morgan fingerprint density at radius 3 is 2.39 bits per heavy atom. The molecule has 1 spiro atoms. The van der Waals surface area contributed by atoms with Gasteiger partial charge in [-0.1, -0.05) is 36.4 Å². The smallest absolute Gasteiger partial charge is 0.250 e. The largest absolute Gasteiger partial charge is 0.341 e. The van der Waals surface area contributed by atoms with Gasteiger partial charge in [0, 0.05) is 37.9 Å². The minimum Gasteiger partial charge on any atom is -0.341 e. The second-order valence-corrected chi connectivity index (χ2v) is 7.84. The number of aromatic nitrogens is 1. The van der Waals surface area contributed by atoms with E-state index in [0.717, 1.165) is 24.8 Å². The van der Waals surface area contributed by atoms with Crippen LogP contribution in [0.4, 0.5) is 0 Å². The summed E-state index contributed by atoms with van der Waals surface area (Å²) < 4.78 is 1.43. The normalized spacial score (nSPS) is 21.3. The molecule has 2 amide bonds. The van der Waals surface area contributed by atoms with Crippen molar-refractivity contribution in [1.29, 1.82) is 0 Å². The second kappa shape index (κ2) is 7.26. The van der Waals surface area contributed by atoms with E-state index < -0.39 is 0 Å². The number of piperidine rings is 1. The Balaban J connectivity index is 1.43. The summed E-state index contributed by atoms with van der Waals surface area (Å²) in [7, 11) is 1.90. The van der Waals surface area contributed by atoms with Crippen LogP contribution < -0.4 is 5.56 Å². The Bertz CT molecular complexity index is 929. The van der Waals surface area contributed by atoms with Gasteiger partial charge in [0.05, 0.1) is 5.92 Å². The van der Waals surface area contributed by atoms with Gasteiger partial charge in [0.25, 0.3) is 5.56 Å². The van der Waals surface area contributed by atoms with Gasteiger partial charge in [-0.15, -0.1) is 0 Å². The summed E-state index contributed by atoms with van der Waals surface area (Å²) in [5.41, 5.74) is 0.715. The highest BCUT2D eigenvalue weighted by Gasteiger charge is 2.50. The molecule has 0 N–H and O–H groups in total. The summed E-state index contributed by atoms with van der Waals surface area (Å²) in [5, 5.41) is 0. The quantitative estimate of drug-likeness (QED) is 0.818. The average molecular weight is 379 g/mol. The molecule has 0 aliphatic carbocycles. The Morgan fingerprint density at radius 2 is 1.71 bits per heavy atom. The zero-order chi connectivity index (χ0) is 19.7. The van der Waals surface area contributed by atoms with Gasteiger partial charge in [-0.2, -0.15) is 0 Å². The van der Waals surface area contributed by atoms with Crippen molar-refractivity contribution < 1.29 is 9.59 Å². The number of likely N-dealkylation sites (tertiary alicyclic amines) is 2. The van der Waals surface area contributed by atoms with Gasteiger partial charge in [-0.25, -0.2) is 0 Å². The summed E-state index contributed by atoms with van der Waals surface area (Å²) in [4.78, 5) is 41.1. The second-order valence-electron chi connectivity index (χ2n) is 7.84. The molecule has 0 unspecified atom stereocenters. The standard InChI is InChI=1S/C22H25N3O3/c1-23-21(28)18(17-7-3-2-4-8-17)15-22(23)10-13-24(14-11-22)20(27)16-25-12-6-5-9-19(25)26/h2-9,12,18H,10-11,13-16H2,1H3/t18-/m1/s1. The van der Waals surface area contributed by atoms with Crippen LogP contribution in [0.15, 0.2) is 59.5 Å². The number of hydrogen-bond acceptors (Lipinski definition) is 3. The molecule has 0 saturated carbocycles. The SMILES string of the molecule is CN1C(=O)[C@@H](c2ccccc2)CC12CCN(C(=O)Cn1ccccc1=O)CC2. The topological polar surface area (TPSA) is 62.6 Å². The molecule has 2 fully saturated rings. The van der Waals surface area contributed by atoms with Gasteiger partial charge in [0.15, 0.2) is 0 Å². The first kappa shape index (κ1) is 18.5. The van der Waals surface area contributed by atoms with E-state index in [0.29, 0.717) is 13.1 Å². The predicted octanol–water partition coefficient (Wildman–Crippen LogP) is 1.86. The zero-order valence-electron chi connectivity index (χ0n) is 16.1. The molecule has 28 heavy (non-hydrogen) atoms. The molecular weight excluding hydrogens is 354 g/mol. The molecule has 0 radical (unpaired) electrons. The number of likely N-dealkylation sites (N-methyl/N-ethyl adjacent to an activating group) is 1. The van der Waals surface area contributed by atoms with Crippen LogP contribution in [-0.4, -0.2) is 51.9 Å². The molecule has 1 aromatic carbocycles. The van der Waals surface area contributed by atoms with Crippen LogP contribution in [0, 0.1) is 0 Å². The lowest BCUT2D eigenvalue weighted by Crippen LogP contribution is -2.53. The maximum absolute atomic E-state index is 12.9. The number of pyridine rings is 1. The monoisotopic (exact) mass is 379 g/mol. The Morgan fingerprint density at radius 1 is 1.04 bits per heavy atom. The van der Waals surface area contributed by atoms with Gasteiger partial charge in [0.1, 0.15) is 6.54 Å². The number of rotatable bonds is 3. The van der Waals surface area contributed by atoms with E-state index in [2.05, 4.69) is 0 Å². The first-order valence-corrected chi connectivity index (χ1v) is 9.76. The summed E-state index contributed by atoms with van der Waals surface area (Å²) in [6.07, 6.45) is 3.98. The van der Waals surface area contributed by atoms with E-state index in [1.54, 1.807) is 18.3 Å². The molecule has 1 aromatic heterocycles. The van der Waals surface area contributed by atoms with Crippen molar-refractivity contribution in [3.63, 3.8) is 0 Å².